The highest BCUT2D eigenvalue weighted by atomic mass is 16.1. The zero-order chi connectivity index (χ0) is 15.6. The number of carbonyl (C=O) groups excluding carboxylic acids is 1. The van der Waals surface area contributed by atoms with Crippen LogP contribution in [0.15, 0.2) is 23.8 Å². The molecule has 0 saturated heterocycles. The van der Waals surface area contributed by atoms with Gasteiger partial charge in [0.05, 0.1) is 0 Å². The number of unbranched alkanes of at least 4 members (excludes halogenated alkanes) is 1. The molecule has 1 amide bonds. The number of nitrogens with one attached hydrogen (secondary N) is 2. The maximum atomic E-state index is 11.8. The van der Waals surface area contributed by atoms with Crippen molar-refractivity contribution in [1.29, 1.82) is 0 Å². The number of hydrogen-bond donors (Lipinski definition) is 2. The van der Waals surface area contributed by atoms with Crippen LogP contribution in [-0.2, 0) is 0 Å². The number of carbonyl (C=O) groups is 1. The molecular formula is C17H26N4O. The maximum absolute atomic E-state index is 11.8. The SMILES string of the molecule is CCCCNC(=O)c1ccc(NCCC2=CCCCC2)nn1. The van der Waals surface area contributed by atoms with Gasteiger partial charge in [0.1, 0.15) is 5.82 Å². The molecule has 0 radical (unpaired) electrons. The van der Waals surface area contributed by atoms with Gasteiger partial charge >= 0.3 is 0 Å². The summed E-state index contributed by atoms with van der Waals surface area (Å²) in [6.45, 7) is 3.64. The van der Waals surface area contributed by atoms with Crippen molar-refractivity contribution in [1.82, 2.24) is 15.5 Å². The molecule has 1 heterocycles. The zero-order valence-corrected chi connectivity index (χ0v) is 13.4. The van der Waals surface area contributed by atoms with Crippen LogP contribution in [0.5, 0.6) is 0 Å². The van der Waals surface area contributed by atoms with Crippen LogP contribution in [0.2, 0.25) is 0 Å². The van der Waals surface area contributed by atoms with E-state index in [2.05, 4.69) is 33.8 Å². The van der Waals surface area contributed by atoms with Crippen molar-refractivity contribution in [3.63, 3.8) is 0 Å². The minimum Gasteiger partial charge on any atom is -0.368 e. The molecule has 0 bridgehead atoms. The Balaban J connectivity index is 1.74. The first kappa shape index (κ1) is 16.5. The fourth-order valence-electron chi connectivity index (χ4n) is 2.50. The zero-order valence-electron chi connectivity index (χ0n) is 13.4. The molecule has 0 aromatic carbocycles. The second-order valence-electron chi connectivity index (χ2n) is 5.70. The molecule has 0 aliphatic heterocycles. The minimum absolute atomic E-state index is 0.153. The second-order valence-corrected chi connectivity index (χ2v) is 5.70. The third kappa shape index (κ3) is 5.47. The van der Waals surface area contributed by atoms with E-state index in [0.29, 0.717) is 12.2 Å². The third-order valence-corrected chi connectivity index (χ3v) is 3.85. The monoisotopic (exact) mass is 302 g/mol. The van der Waals surface area contributed by atoms with Gasteiger partial charge in [-0.05, 0) is 50.7 Å². The highest BCUT2D eigenvalue weighted by Gasteiger charge is 2.07. The molecule has 1 aliphatic carbocycles. The van der Waals surface area contributed by atoms with Crippen LogP contribution in [0.1, 0.15) is 62.4 Å². The van der Waals surface area contributed by atoms with Crippen molar-refractivity contribution in [2.24, 2.45) is 0 Å². The first-order valence-corrected chi connectivity index (χ1v) is 8.33. The molecule has 0 unspecified atom stereocenters. The van der Waals surface area contributed by atoms with Gasteiger partial charge in [0.2, 0.25) is 0 Å². The summed E-state index contributed by atoms with van der Waals surface area (Å²) in [6, 6.07) is 3.54. The molecule has 0 atom stereocenters. The average molecular weight is 302 g/mol. The predicted octanol–water partition coefficient (Wildman–Crippen LogP) is 3.31. The summed E-state index contributed by atoms with van der Waals surface area (Å²) in [4.78, 5) is 11.8. The Hall–Kier alpha value is -1.91. The van der Waals surface area contributed by atoms with E-state index in [0.717, 1.165) is 31.6 Å². The van der Waals surface area contributed by atoms with Crippen molar-refractivity contribution in [3.05, 3.63) is 29.5 Å². The van der Waals surface area contributed by atoms with E-state index in [4.69, 9.17) is 0 Å². The van der Waals surface area contributed by atoms with Gasteiger partial charge in [-0.2, -0.15) is 0 Å². The van der Waals surface area contributed by atoms with Gasteiger partial charge in [0.25, 0.3) is 5.91 Å². The van der Waals surface area contributed by atoms with E-state index in [-0.39, 0.29) is 5.91 Å². The van der Waals surface area contributed by atoms with Crippen LogP contribution < -0.4 is 10.6 Å². The van der Waals surface area contributed by atoms with Crippen LogP contribution in [0.4, 0.5) is 5.82 Å². The van der Waals surface area contributed by atoms with Gasteiger partial charge in [-0.1, -0.05) is 25.0 Å². The summed E-state index contributed by atoms with van der Waals surface area (Å²) >= 11 is 0. The molecule has 1 aliphatic rings. The van der Waals surface area contributed by atoms with Crippen LogP contribution >= 0.6 is 0 Å². The lowest BCUT2D eigenvalue weighted by Crippen LogP contribution is -2.25. The lowest BCUT2D eigenvalue weighted by molar-refractivity contribution is 0.0947. The van der Waals surface area contributed by atoms with Gasteiger partial charge in [-0.3, -0.25) is 4.79 Å². The summed E-state index contributed by atoms with van der Waals surface area (Å²) in [7, 11) is 0. The second kappa shape index (κ2) is 9.18. The molecular weight excluding hydrogens is 276 g/mol. The number of amides is 1. The first-order valence-electron chi connectivity index (χ1n) is 8.33. The van der Waals surface area contributed by atoms with Gasteiger partial charge in [-0.15, -0.1) is 10.2 Å². The Labute approximate surface area is 132 Å². The first-order chi connectivity index (χ1) is 10.8. The number of anilines is 1. The number of rotatable bonds is 8. The Morgan fingerprint density at radius 1 is 1.23 bits per heavy atom. The largest absolute Gasteiger partial charge is 0.368 e. The number of allylic oxidation sites excluding steroid dienone is 1. The summed E-state index contributed by atoms with van der Waals surface area (Å²) in [5.74, 6) is 0.571. The van der Waals surface area contributed by atoms with Crippen molar-refractivity contribution in [3.8, 4) is 0 Å². The number of nitrogens with zero attached hydrogens (tertiary/aromatic N) is 2. The quantitative estimate of drug-likeness (QED) is 0.571. The van der Waals surface area contributed by atoms with Crippen molar-refractivity contribution in [2.45, 2.75) is 51.9 Å². The average Bonchev–Trinajstić information content (AvgIpc) is 2.56. The van der Waals surface area contributed by atoms with Crippen LogP contribution in [0, 0.1) is 0 Å². The van der Waals surface area contributed by atoms with E-state index in [9.17, 15) is 4.79 Å². The highest BCUT2D eigenvalue weighted by molar-refractivity contribution is 5.92. The molecule has 0 saturated carbocycles. The Bertz CT molecular complexity index is 496. The molecule has 2 N–H and O–H groups in total. The summed E-state index contributed by atoms with van der Waals surface area (Å²) in [5, 5.41) is 14.2. The predicted molar refractivity (Wildman–Crippen MR) is 88.9 cm³/mol. The standard InChI is InChI=1S/C17H26N4O/c1-2-3-12-19-17(22)15-9-10-16(21-20-15)18-13-11-14-7-5-4-6-8-14/h7,9-10H,2-6,8,11-13H2,1H3,(H,18,21)(H,19,22). The fourth-order valence-corrected chi connectivity index (χ4v) is 2.50. The summed E-state index contributed by atoms with van der Waals surface area (Å²) < 4.78 is 0. The fraction of sp³-hybridized carbons (Fsp3) is 0.588. The van der Waals surface area contributed by atoms with E-state index in [1.165, 1.54) is 25.7 Å². The molecule has 22 heavy (non-hydrogen) atoms. The van der Waals surface area contributed by atoms with Crippen LogP contribution in [-0.4, -0.2) is 29.2 Å². The summed E-state index contributed by atoms with van der Waals surface area (Å²) in [5.41, 5.74) is 1.91. The molecule has 5 heteroatoms. The Morgan fingerprint density at radius 3 is 2.82 bits per heavy atom. The molecule has 5 nitrogen and oxygen atoms in total. The molecule has 0 fully saturated rings. The smallest absolute Gasteiger partial charge is 0.271 e. The molecule has 0 spiro atoms. The lowest BCUT2D eigenvalue weighted by atomic mass is 9.97. The van der Waals surface area contributed by atoms with Crippen LogP contribution in [0.3, 0.4) is 0 Å². The highest BCUT2D eigenvalue weighted by Crippen LogP contribution is 2.19. The van der Waals surface area contributed by atoms with E-state index in [1.807, 2.05) is 6.07 Å². The molecule has 120 valence electrons. The normalized spacial score (nSPS) is 14.3. The summed E-state index contributed by atoms with van der Waals surface area (Å²) in [6.07, 6.45) is 10.5. The minimum atomic E-state index is -0.153. The van der Waals surface area contributed by atoms with Crippen molar-refractivity contribution in [2.75, 3.05) is 18.4 Å². The maximum Gasteiger partial charge on any atom is 0.271 e. The topological polar surface area (TPSA) is 66.9 Å². The Kier molecular flexibility index (Phi) is 6.87. The van der Waals surface area contributed by atoms with Gasteiger partial charge in [0, 0.05) is 13.1 Å². The number of aromatic nitrogens is 2. The van der Waals surface area contributed by atoms with Crippen LogP contribution in [0.25, 0.3) is 0 Å². The van der Waals surface area contributed by atoms with Gasteiger partial charge in [-0.25, -0.2) is 0 Å². The van der Waals surface area contributed by atoms with Crippen molar-refractivity contribution >= 4 is 11.7 Å². The Morgan fingerprint density at radius 2 is 2.14 bits per heavy atom. The van der Waals surface area contributed by atoms with Gasteiger partial charge in [0.15, 0.2) is 5.69 Å². The van der Waals surface area contributed by atoms with E-state index < -0.39 is 0 Å². The molecule has 1 aromatic heterocycles. The molecule has 1 aromatic rings. The number of hydrogen-bond acceptors (Lipinski definition) is 4. The van der Waals surface area contributed by atoms with E-state index >= 15 is 0 Å². The molecule has 2 rings (SSSR count). The van der Waals surface area contributed by atoms with E-state index in [1.54, 1.807) is 11.6 Å². The lowest BCUT2D eigenvalue weighted by Gasteiger charge is -2.13. The third-order valence-electron chi connectivity index (χ3n) is 3.85. The van der Waals surface area contributed by atoms with Gasteiger partial charge < -0.3 is 10.6 Å². The van der Waals surface area contributed by atoms with Crippen molar-refractivity contribution < 1.29 is 4.79 Å².